The number of pyridine rings is 1. The molecule has 30 heavy (non-hydrogen) atoms. The summed E-state index contributed by atoms with van der Waals surface area (Å²) in [7, 11) is 2.02. The Balaban J connectivity index is 1.31. The molecule has 0 bridgehead atoms. The molecule has 6 nitrogen and oxygen atoms in total. The van der Waals surface area contributed by atoms with Gasteiger partial charge in [0, 0.05) is 37.3 Å². The molecule has 1 saturated heterocycles. The molecule has 156 valence electrons. The number of carbonyl (C=O) groups excluding carboxylic acids is 1. The summed E-state index contributed by atoms with van der Waals surface area (Å²) in [6, 6.07) is 8.26. The average Bonchev–Trinajstić information content (AvgIpc) is 3.11. The van der Waals surface area contributed by atoms with E-state index < -0.39 is 0 Å². The zero-order valence-electron chi connectivity index (χ0n) is 18.0. The van der Waals surface area contributed by atoms with Crippen LogP contribution in [0.2, 0.25) is 0 Å². The maximum absolute atomic E-state index is 12.8. The second-order valence-corrected chi connectivity index (χ2v) is 9.40. The number of carbonyl (C=O) groups is 1. The van der Waals surface area contributed by atoms with Gasteiger partial charge in [-0.2, -0.15) is 0 Å². The van der Waals surface area contributed by atoms with E-state index in [1.54, 1.807) is 0 Å². The molecule has 3 aromatic rings. The molecule has 6 heteroatoms. The van der Waals surface area contributed by atoms with Crippen LogP contribution >= 0.6 is 0 Å². The molecular formula is C24H29N5O. The minimum Gasteiger partial charge on any atom is -0.331 e. The fraction of sp³-hybridized carbons (Fsp3) is 0.458. The van der Waals surface area contributed by atoms with Gasteiger partial charge in [0.25, 0.3) is 0 Å². The number of nitrogens with zero attached hydrogens (tertiary/aromatic N) is 4. The first-order valence-electron chi connectivity index (χ1n) is 10.8. The summed E-state index contributed by atoms with van der Waals surface area (Å²) in [6.07, 6.45) is 7.30. The van der Waals surface area contributed by atoms with E-state index in [0.717, 1.165) is 53.9 Å². The highest BCUT2D eigenvalue weighted by atomic mass is 16.2. The SMILES string of the molecule is Cc1ncc(-c2ccc3cnc(NC(=O)C4CCN(CC5(C)CC5)C4)cc3c2)n1C. The van der Waals surface area contributed by atoms with Gasteiger partial charge in [0.05, 0.1) is 17.8 Å². The van der Waals surface area contributed by atoms with Crippen molar-refractivity contribution < 1.29 is 4.79 Å². The molecule has 1 N–H and O–H groups in total. The molecule has 1 amide bonds. The van der Waals surface area contributed by atoms with Crippen LogP contribution in [0.15, 0.2) is 36.7 Å². The number of aromatic nitrogens is 3. The lowest BCUT2D eigenvalue weighted by atomic mass is 10.1. The maximum atomic E-state index is 12.8. The van der Waals surface area contributed by atoms with E-state index in [1.165, 1.54) is 12.8 Å². The number of amides is 1. The Hall–Kier alpha value is -2.73. The Labute approximate surface area is 177 Å². The molecule has 2 aliphatic rings. The van der Waals surface area contributed by atoms with Gasteiger partial charge in [-0.05, 0) is 55.7 Å². The first-order valence-corrected chi connectivity index (χ1v) is 10.8. The van der Waals surface area contributed by atoms with Crippen LogP contribution in [0.4, 0.5) is 5.82 Å². The molecule has 2 fully saturated rings. The molecule has 1 aromatic carbocycles. The lowest BCUT2D eigenvalue weighted by Crippen LogP contribution is -2.30. The summed E-state index contributed by atoms with van der Waals surface area (Å²) < 4.78 is 2.08. The largest absolute Gasteiger partial charge is 0.331 e. The van der Waals surface area contributed by atoms with Gasteiger partial charge in [-0.25, -0.2) is 9.97 Å². The van der Waals surface area contributed by atoms with Gasteiger partial charge in [0.1, 0.15) is 11.6 Å². The molecule has 1 saturated carbocycles. The molecular weight excluding hydrogens is 374 g/mol. The second kappa shape index (κ2) is 7.20. The normalized spacial score (nSPS) is 20.6. The van der Waals surface area contributed by atoms with E-state index in [9.17, 15) is 4.79 Å². The van der Waals surface area contributed by atoms with Gasteiger partial charge < -0.3 is 14.8 Å². The number of hydrogen-bond donors (Lipinski definition) is 1. The first-order chi connectivity index (χ1) is 14.4. The van der Waals surface area contributed by atoms with Crippen molar-refractivity contribution in [2.24, 2.45) is 18.4 Å². The van der Waals surface area contributed by atoms with Crippen molar-refractivity contribution in [1.29, 1.82) is 0 Å². The minimum atomic E-state index is 0.0496. The van der Waals surface area contributed by atoms with E-state index >= 15 is 0 Å². The lowest BCUT2D eigenvalue weighted by molar-refractivity contribution is -0.119. The second-order valence-electron chi connectivity index (χ2n) is 9.40. The van der Waals surface area contributed by atoms with E-state index in [0.29, 0.717) is 11.2 Å². The topological polar surface area (TPSA) is 63.1 Å². The highest BCUT2D eigenvalue weighted by Gasteiger charge is 2.41. The van der Waals surface area contributed by atoms with Gasteiger partial charge >= 0.3 is 0 Å². The third-order valence-corrected chi connectivity index (χ3v) is 6.84. The predicted octanol–water partition coefficient (Wildman–Crippen LogP) is 4.00. The van der Waals surface area contributed by atoms with Crippen LogP contribution in [-0.4, -0.2) is 45.0 Å². The Morgan fingerprint density at radius 2 is 2.03 bits per heavy atom. The van der Waals surface area contributed by atoms with Gasteiger partial charge in [0.2, 0.25) is 5.91 Å². The zero-order valence-corrected chi connectivity index (χ0v) is 18.0. The van der Waals surface area contributed by atoms with Crippen molar-refractivity contribution in [2.45, 2.75) is 33.1 Å². The Morgan fingerprint density at radius 1 is 1.20 bits per heavy atom. The Kier molecular flexibility index (Phi) is 4.62. The van der Waals surface area contributed by atoms with Crippen LogP contribution in [-0.2, 0) is 11.8 Å². The van der Waals surface area contributed by atoms with Crippen molar-refractivity contribution in [2.75, 3.05) is 25.0 Å². The van der Waals surface area contributed by atoms with E-state index in [2.05, 4.69) is 49.9 Å². The lowest BCUT2D eigenvalue weighted by Gasteiger charge is -2.20. The smallest absolute Gasteiger partial charge is 0.229 e. The number of fused-ring (bicyclic) bond motifs is 1. The van der Waals surface area contributed by atoms with Crippen LogP contribution < -0.4 is 5.32 Å². The van der Waals surface area contributed by atoms with Gasteiger partial charge in [-0.15, -0.1) is 0 Å². The van der Waals surface area contributed by atoms with Crippen LogP contribution in [0, 0.1) is 18.3 Å². The zero-order chi connectivity index (χ0) is 20.9. The van der Waals surface area contributed by atoms with Crippen molar-refractivity contribution in [3.63, 3.8) is 0 Å². The van der Waals surface area contributed by atoms with Crippen molar-refractivity contribution in [1.82, 2.24) is 19.4 Å². The number of aryl methyl sites for hydroxylation is 1. The standard InChI is InChI=1S/C24H29N5O/c1-16-25-13-21(28(16)3)17-4-5-18-12-26-22(11-20(18)10-17)27-23(30)19-6-9-29(14-19)15-24(2)7-8-24/h4-5,10-13,19H,6-9,14-15H2,1-3H3,(H,26,27,30). The number of nitrogens with one attached hydrogen (secondary N) is 1. The van der Waals surface area contributed by atoms with Crippen LogP contribution in [0.3, 0.4) is 0 Å². The van der Waals surface area contributed by atoms with Crippen LogP contribution in [0.1, 0.15) is 32.0 Å². The predicted molar refractivity (Wildman–Crippen MR) is 119 cm³/mol. The van der Waals surface area contributed by atoms with Crippen molar-refractivity contribution in [3.05, 3.63) is 42.5 Å². The number of benzene rings is 1. The Morgan fingerprint density at radius 3 is 2.77 bits per heavy atom. The molecule has 1 unspecified atom stereocenters. The first kappa shape index (κ1) is 19.2. The van der Waals surface area contributed by atoms with E-state index in [4.69, 9.17) is 0 Å². The third-order valence-electron chi connectivity index (χ3n) is 6.84. The summed E-state index contributed by atoms with van der Waals surface area (Å²) in [4.78, 5) is 24.1. The van der Waals surface area contributed by atoms with Crippen LogP contribution in [0.25, 0.3) is 22.0 Å². The quantitative estimate of drug-likeness (QED) is 0.699. The molecule has 3 heterocycles. The summed E-state index contributed by atoms with van der Waals surface area (Å²) >= 11 is 0. The van der Waals surface area contributed by atoms with Crippen molar-refractivity contribution in [3.8, 4) is 11.3 Å². The highest BCUT2D eigenvalue weighted by molar-refractivity contribution is 5.95. The number of likely N-dealkylation sites (tertiary alicyclic amines) is 1. The monoisotopic (exact) mass is 403 g/mol. The van der Waals surface area contributed by atoms with E-state index in [-0.39, 0.29) is 11.8 Å². The fourth-order valence-corrected chi connectivity index (χ4v) is 4.47. The summed E-state index contributed by atoms with van der Waals surface area (Å²) in [5.74, 6) is 1.74. The van der Waals surface area contributed by atoms with Gasteiger partial charge in [0.15, 0.2) is 0 Å². The molecule has 2 aromatic heterocycles. The van der Waals surface area contributed by atoms with Crippen molar-refractivity contribution >= 4 is 22.5 Å². The number of anilines is 1. The minimum absolute atomic E-state index is 0.0496. The number of hydrogen-bond acceptors (Lipinski definition) is 4. The summed E-state index contributed by atoms with van der Waals surface area (Å²) in [6.45, 7) is 7.35. The van der Waals surface area contributed by atoms with Gasteiger partial charge in [-0.3, -0.25) is 4.79 Å². The molecule has 0 radical (unpaired) electrons. The maximum Gasteiger partial charge on any atom is 0.229 e. The summed E-state index contributed by atoms with van der Waals surface area (Å²) in [5, 5.41) is 5.17. The fourth-order valence-electron chi connectivity index (χ4n) is 4.47. The Bertz CT molecular complexity index is 1110. The molecule has 1 aliphatic carbocycles. The summed E-state index contributed by atoms with van der Waals surface area (Å²) in [5.41, 5.74) is 2.68. The number of rotatable bonds is 5. The molecule has 0 spiro atoms. The molecule has 1 aliphatic heterocycles. The van der Waals surface area contributed by atoms with E-state index in [1.807, 2.05) is 32.4 Å². The average molecular weight is 404 g/mol. The van der Waals surface area contributed by atoms with Crippen LogP contribution in [0.5, 0.6) is 0 Å². The highest BCUT2D eigenvalue weighted by Crippen LogP contribution is 2.46. The third kappa shape index (κ3) is 3.72. The number of imidazole rings is 1. The molecule has 5 rings (SSSR count). The molecule has 1 atom stereocenters. The van der Waals surface area contributed by atoms with Gasteiger partial charge in [-0.1, -0.05) is 19.1 Å².